The van der Waals surface area contributed by atoms with Gasteiger partial charge in [-0.3, -0.25) is 4.68 Å². The number of nitrogens with one attached hydrogen (secondary N) is 1. The summed E-state index contributed by atoms with van der Waals surface area (Å²) >= 11 is 0. The van der Waals surface area contributed by atoms with Gasteiger partial charge in [0.25, 0.3) is 0 Å². The molecule has 1 fully saturated rings. The number of fused-ring (bicyclic) bond motifs is 1. The van der Waals surface area contributed by atoms with E-state index in [0.717, 1.165) is 25.2 Å². The van der Waals surface area contributed by atoms with Crippen molar-refractivity contribution in [2.45, 2.75) is 57.7 Å². The van der Waals surface area contributed by atoms with Gasteiger partial charge in [0.2, 0.25) is 0 Å². The van der Waals surface area contributed by atoms with Crippen molar-refractivity contribution in [3.8, 4) is 0 Å². The highest BCUT2D eigenvalue weighted by molar-refractivity contribution is 5.29. The first-order chi connectivity index (χ1) is 8.40. The Labute approximate surface area is 103 Å². The van der Waals surface area contributed by atoms with Crippen LogP contribution in [0.2, 0.25) is 0 Å². The number of nitrogens with two attached hydrogens (primary N) is 1. The highest BCUT2D eigenvalue weighted by atomic mass is 15.3. The highest BCUT2D eigenvalue weighted by Gasteiger charge is 2.25. The topological polar surface area (TPSA) is 55.9 Å². The minimum atomic E-state index is 0.585. The molecule has 1 aliphatic carbocycles. The Balaban J connectivity index is 1.95. The Morgan fingerprint density at radius 3 is 2.88 bits per heavy atom. The molecule has 1 aromatic rings. The number of hydrogen-bond acceptors (Lipinski definition) is 3. The van der Waals surface area contributed by atoms with Crippen LogP contribution in [0.1, 0.15) is 55.1 Å². The summed E-state index contributed by atoms with van der Waals surface area (Å²) in [4.78, 5) is 0. The second kappa shape index (κ2) is 4.78. The predicted octanol–water partition coefficient (Wildman–Crippen LogP) is 1.49. The molecule has 0 saturated heterocycles. The maximum absolute atomic E-state index is 5.82. The number of aromatic nitrogens is 2. The van der Waals surface area contributed by atoms with E-state index in [9.17, 15) is 0 Å². The van der Waals surface area contributed by atoms with Gasteiger partial charge in [-0.1, -0.05) is 19.3 Å². The van der Waals surface area contributed by atoms with Gasteiger partial charge >= 0.3 is 0 Å². The molecule has 1 aromatic heterocycles. The molecule has 3 rings (SSSR count). The van der Waals surface area contributed by atoms with E-state index in [1.807, 2.05) is 0 Å². The monoisotopic (exact) mass is 234 g/mol. The van der Waals surface area contributed by atoms with Gasteiger partial charge in [-0.15, -0.1) is 0 Å². The van der Waals surface area contributed by atoms with E-state index in [0.29, 0.717) is 12.6 Å². The van der Waals surface area contributed by atoms with Crippen molar-refractivity contribution in [2.24, 2.45) is 5.73 Å². The van der Waals surface area contributed by atoms with Crippen LogP contribution in [-0.2, 0) is 19.5 Å². The molecule has 17 heavy (non-hydrogen) atoms. The fourth-order valence-corrected chi connectivity index (χ4v) is 3.24. The van der Waals surface area contributed by atoms with Crippen LogP contribution in [0.3, 0.4) is 0 Å². The van der Waals surface area contributed by atoms with Crippen LogP contribution in [0.25, 0.3) is 0 Å². The van der Waals surface area contributed by atoms with Crippen molar-refractivity contribution in [1.29, 1.82) is 0 Å². The summed E-state index contributed by atoms with van der Waals surface area (Å²) in [5.74, 6) is 0. The Morgan fingerprint density at radius 1 is 1.29 bits per heavy atom. The van der Waals surface area contributed by atoms with E-state index in [4.69, 9.17) is 10.8 Å². The molecule has 3 N–H and O–H groups in total. The second-order valence-corrected chi connectivity index (χ2v) is 5.24. The fourth-order valence-electron chi connectivity index (χ4n) is 3.24. The van der Waals surface area contributed by atoms with Crippen LogP contribution in [-0.4, -0.2) is 16.3 Å². The van der Waals surface area contributed by atoms with Gasteiger partial charge in [-0.05, 0) is 25.8 Å². The van der Waals surface area contributed by atoms with Gasteiger partial charge < -0.3 is 11.1 Å². The summed E-state index contributed by atoms with van der Waals surface area (Å²) in [6, 6.07) is 0.623. The average Bonchev–Trinajstić information content (AvgIpc) is 2.78. The van der Waals surface area contributed by atoms with E-state index in [-0.39, 0.29) is 0 Å². The molecule has 94 valence electrons. The third-order valence-corrected chi connectivity index (χ3v) is 4.16. The van der Waals surface area contributed by atoms with Gasteiger partial charge in [0.1, 0.15) is 0 Å². The summed E-state index contributed by atoms with van der Waals surface area (Å²) in [6.45, 7) is 2.62. The maximum Gasteiger partial charge on any atom is 0.0796 e. The minimum Gasteiger partial charge on any atom is -0.325 e. The van der Waals surface area contributed by atoms with Crippen molar-refractivity contribution < 1.29 is 0 Å². The van der Waals surface area contributed by atoms with Gasteiger partial charge in [-0.2, -0.15) is 5.10 Å². The van der Waals surface area contributed by atoms with Gasteiger partial charge in [0, 0.05) is 18.7 Å². The smallest absolute Gasteiger partial charge is 0.0796 e. The standard InChI is InChI=1S/C13H22N4/c14-8-12-11-6-7-15-9-13(11)17(16-12)10-4-2-1-3-5-10/h10,15H,1-9,14H2. The summed E-state index contributed by atoms with van der Waals surface area (Å²) in [7, 11) is 0. The predicted molar refractivity (Wildman–Crippen MR) is 67.7 cm³/mol. The molecule has 0 spiro atoms. The summed E-state index contributed by atoms with van der Waals surface area (Å²) in [5.41, 5.74) is 9.79. The zero-order chi connectivity index (χ0) is 11.7. The molecule has 0 bridgehead atoms. The highest BCUT2D eigenvalue weighted by Crippen LogP contribution is 2.31. The first kappa shape index (κ1) is 11.2. The lowest BCUT2D eigenvalue weighted by Crippen LogP contribution is -2.27. The molecule has 0 amide bonds. The SMILES string of the molecule is NCc1nn(C2CCCCC2)c2c1CCNC2. The molecule has 2 heterocycles. The second-order valence-electron chi connectivity index (χ2n) is 5.24. The normalized spacial score (nSPS) is 21.5. The van der Waals surface area contributed by atoms with Crippen LogP contribution in [0, 0.1) is 0 Å². The zero-order valence-electron chi connectivity index (χ0n) is 10.4. The molecule has 1 saturated carbocycles. The Morgan fingerprint density at radius 2 is 2.12 bits per heavy atom. The van der Waals surface area contributed by atoms with Crippen LogP contribution >= 0.6 is 0 Å². The number of rotatable bonds is 2. The third-order valence-electron chi connectivity index (χ3n) is 4.16. The average molecular weight is 234 g/mol. The van der Waals surface area contributed by atoms with Gasteiger partial charge in [0.15, 0.2) is 0 Å². The number of hydrogen-bond donors (Lipinski definition) is 2. The summed E-state index contributed by atoms with van der Waals surface area (Å²) < 4.78 is 2.29. The van der Waals surface area contributed by atoms with E-state index in [2.05, 4.69) is 10.00 Å². The first-order valence-corrected chi connectivity index (χ1v) is 6.90. The Kier molecular flexibility index (Phi) is 3.16. The van der Waals surface area contributed by atoms with Crippen LogP contribution in [0.15, 0.2) is 0 Å². The first-order valence-electron chi connectivity index (χ1n) is 6.90. The lowest BCUT2D eigenvalue weighted by atomic mass is 9.95. The maximum atomic E-state index is 5.82. The Bertz CT molecular complexity index is 390. The Hall–Kier alpha value is -0.870. The number of nitrogens with zero attached hydrogens (tertiary/aromatic N) is 2. The van der Waals surface area contributed by atoms with Gasteiger partial charge in [-0.25, -0.2) is 0 Å². The van der Waals surface area contributed by atoms with Crippen LogP contribution < -0.4 is 11.1 Å². The largest absolute Gasteiger partial charge is 0.325 e. The van der Waals surface area contributed by atoms with E-state index in [1.165, 1.54) is 43.4 Å². The molecule has 0 atom stereocenters. The lowest BCUT2D eigenvalue weighted by Gasteiger charge is -2.25. The molecule has 0 radical (unpaired) electrons. The molecule has 0 unspecified atom stereocenters. The van der Waals surface area contributed by atoms with Crippen molar-refractivity contribution in [1.82, 2.24) is 15.1 Å². The molecule has 1 aliphatic heterocycles. The molecule has 4 heteroatoms. The van der Waals surface area contributed by atoms with E-state index in [1.54, 1.807) is 0 Å². The summed E-state index contributed by atoms with van der Waals surface area (Å²) in [6.07, 6.45) is 7.77. The van der Waals surface area contributed by atoms with Crippen molar-refractivity contribution in [2.75, 3.05) is 6.54 Å². The van der Waals surface area contributed by atoms with Crippen molar-refractivity contribution >= 4 is 0 Å². The van der Waals surface area contributed by atoms with Crippen molar-refractivity contribution in [3.05, 3.63) is 17.0 Å². The lowest BCUT2D eigenvalue weighted by molar-refractivity contribution is 0.317. The third kappa shape index (κ3) is 2.00. The molecule has 4 nitrogen and oxygen atoms in total. The van der Waals surface area contributed by atoms with Crippen LogP contribution in [0.4, 0.5) is 0 Å². The van der Waals surface area contributed by atoms with Crippen LogP contribution in [0.5, 0.6) is 0 Å². The fraction of sp³-hybridized carbons (Fsp3) is 0.769. The van der Waals surface area contributed by atoms with E-state index >= 15 is 0 Å². The van der Waals surface area contributed by atoms with E-state index < -0.39 is 0 Å². The summed E-state index contributed by atoms with van der Waals surface area (Å²) in [5, 5.41) is 8.24. The quantitative estimate of drug-likeness (QED) is 0.815. The molecule has 0 aromatic carbocycles. The minimum absolute atomic E-state index is 0.585. The van der Waals surface area contributed by atoms with Crippen molar-refractivity contribution in [3.63, 3.8) is 0 Å². The molecule has 2 aliphatic rings. The molecular formula is C13H22N4. The zero-order valence-corrected chi connectivity index (χ0v) is 10.4. The van der Waals surface area contributed by atoms with Gasteiger partial charge in [0.05, 0.1) is 17.4 Å². The molecular weight excluding hydrogens is 212 g/mol.